The summed E-state index contributed by atoms with van der Waals surface area (Å²) in [7, 11) is 0. The second-order valence-electron chi connectivity index (χ2n) is 8.23. The standard InChI is InChI=1S/C19H25N7O3S/c1-19(2,3)29-18(28)26-8-6-25(7-9-26)17-21-15(11-30-17)16(27)20-12-4-5-13-14(10-12)23-24-22-13/h4-5,10,15H,6-9,11H2,1-3H3,(H,20,27)(H,22,23,24). The molecular weight excluding hydrogens is 406 g/mol. The molecule has 1 aromatic heterocycles. The third kappa shape index (κ3) is 4.66. The number of hydrogen-bond donors (Lipinski definition) is 2. The van der Waals surface area contributed by atoms with Gasteiger partial charge in [-0.05, 0) is 39.0 Å². The predicted octanol–water partition coefficient (Wildman–Crippen LogP) is 1.92. The fourth-order valence-corrected chi connectivity index (χ4v) is 4.32. The minimum absolute atomic E-state index is 0.146. The summed E-state index contributed by atoms with van der Waals surface area (Å²) in [6, 6.07) is 4.97. The summed E-state index contributed by atoms with van der Waals surface area (Å²) in [5, 5.41) is 14.2. The Morgan fingerprint density at radius 3 is 2.73 bits per heavy atom. The lowest BCUT2D eigenvalue weighted by atomic mass is 10.2. The Labute approximate surface area is 178 Å². The van der Waals surface area contributed by atoms with E-state index in [1.54, 1.807) is 22.7 Å². The van der Waals surface area contributed by atoms with E-state index in [1.807, 2.05) is 32.9 Å². The number of H-pyrrole nitrogens is 1. The minimum Gasteiger partial charge on any atom is -0.444 e. The molecule has 0 aliphatic carbocycles. The van der Waals surface area contributed by atoms with E-state index in [-0.39, 0.29) is 12.0 Å². The average molecular weight is 432 g/mol. The molecule has 0 saturated carbocycles. The maximum atomic E-state index is 12.6. The van der Waals surface area contributed by atoms with Gasteiger partial charge >= 0.3 is 6.09 Å². The van der Waals surface area contributed by atoms with Crippen LogP contribution in [0.5, 0.6) is 0 Å². The zero-order valence-corrected chi connectivity index (χ0v) is 18.0. The van der Waals surface area contributed by atoms with Crippen molar-refractivity contribution in [1.29, 1.82) is 0 Å². The van der Waals surface area contributed by atoms with Gasteiger partial charge in [0.05, 0.1) is 5.52 Å². The molecule has 1 fully saturated rings. The smallest absolute Gasteiger partial charge is 0.410 e. The Kier molecular flexibility index (Phi) is 5.54. The van der Waals surface area contributed by atoms with Crippen molar-refractivity contribution in [3.63, 3.8) is 0 Å². The number of benzene rings is 1. The van der Waals surface area contributed by atoms with Crippen molar-refractivity contribution in [2.24, 2.45) is 4.99 Å². The number of carbonyl (C=O) groups excluding carboxylic acids is 2. The van der Waals surface area contributed by atoms with Gasteiger partial charge in [-0.3, -0.25) is 9.89 Å². The topological polar surface area (TPSA) is 116 Å². The molecule has 2 aliphatic rings. The molecule has 0 spiro atoms. The highest BCUT2D eigenvalue weighted by molar-refractivity contribution is 8.14. The lowest BCUT2D eigenvalue weighted by molar-refractivity contribution is -0.116. The summed E-state index contributed by atoms with van der Waals surface area (Å²) in [6.45, 7) is 8.07. The van der Waals surface area contributed by atoms with Crippen LogP contribution in [0, 0.1) is 0 Å². The third-order valence-corrected chi connectivity index (χ3v) is 5.84. The molecule has 2 N–H and O–H groups in total. The van der Waals surface area contributed by atoms with Crippen molar-refractivity contribution < 1.29 is 14.3 Å². The fraction of sp³-hybridized carbons (Fsp3) is 0.526. The number of piperazine rings is 1. The van der Waals surface area contributed by atoms with E-state index in [9.17, 15) is 9.59 Å². The van der Waals surface area contributed by atoms with Gasteiger partial charge in [0.25, 0.3) is 0 Å². The van der Waals surface area contributed by atoms with Gasteiger partial charge in [-0.25, -0.2) is 9.79 Å². The number of aromatic nitrogens is 3. The van der Waals surface area contributed by atoms with E-state index in [0.29, 0.717) is 43.1 Å². The predicted molar refractivity (Wildman–Crippen MR) is 116 cm³/mol. The zero-order chi connectivity index (χ0) is 21.3. The van der Waals surface area contributed by atoms with Gasteiger partial charge < -0.3 is 19.9 Å². The van der Waals surface area contributed by atoms with E-state index in [4.69, 9.17) is 4.74 Å². The van der Waals surface area contributed by atoms with Crippen molar-refractivity contribution in [1.82, 2.24) is 25.2 Å². The number of thioether (sulfide) groups is 1. The van der Waals surface area contributed by atoms with Crippen LogP contribution in [-0.4, -0.2) is 86.0 Å². The molecule has 1 saturated heterocycles. The number of fused-ring (bicyclic) bond motifs is 1. The number of nitrogens with zero attached hydrogens (tertiary/aromatic N) is 5. The molecule has 0 radical (unpaired) electrons. The first kappa shape index (κ1) is 20.5. The molecule has 1 aromatic carbocycles. The van der Waals surface area contributed by atoms with Crippen molar-refractivity contribution >= 4 is 45.7 Å². The van der Waals surface area contributed by atoms with Gasteiger partial charge in [0.2, 0.25) is 5.91 Å². The number of ether oxygens (including phenoxy) is 1. The Balaban J connectivity index is 1.31. The quantitative estimate of drug-likeness (QED) is 0.746. The monoisotopic (exact) mass is 431 g/mol. The van der Waals surface area contributed by atoms with Crippen LogP contribution in [0.4, 0.5) is 10.5 Å². The summed E-state index contributed by atoms with van der Waals surface area (Å²) < 4.78 is 5.43. The number of aromatic amines is 1. The van der Waals surface area contributed by atoms with Crippen molar-refractivity contribution in [2.75, 3.05) is 37.2 Å². The van der Waals surface area contributed by atoms with E-state index in [1.165, 1.54) is 0 Å². The Hall–Kier alpha value is -2.82. The zero-order valence-electron chi connectivity index (χ0n) is 17.2. The second-order valence-corrected chi connectivity index (χ2v) is 9.21. The molecule has 2 aromatic rings. The van der Waals surface area contributed by atoms with E-state index < -0.39 is 11.6 Å². The van der Waals surface area contributed by atoms with Crippen LogP contribution in [0.1, 0.15) is 20.8 Å². The van der Waals surface area contributed by atoms with Gasteiger partial charge in [0.1, 0.15) is 17.2 Å². The number of anilines is 1. The first-order chi connectivity index (χ1) is 14.3. The minimum atomic E-state index is -0.502. The molecule has 1 atom stereocenters. The summed E-state index contributed by atoms with van der Waals surface area (Å²) in [6.07, 6.45) is -0.288. The highest BCUT2D eigenvalue weighted by atomic mass is 32.2. The summed E-state index contributed by atoms with van der Waals surface area (Å²) in [5.74, 6) is 0.451. The van der Waals surface area contributed by atoms with Crippen LogP contribution >= 0.6 is 11.8 Å². The number of hydrogen-bond acceptors (Lipinski definition) is 8. The van der Waals surface area contributed by atoms with Crippen LogP contribution < -0.4 is 5.32 Å². The highest BCUT2D eigenvalue weighted by Gasteiger charge is 2.31. The molecule has 1 unspecified atom stereocenters. The Morgan fingerprint density at radius 2 is 2.00 bits per heavy atom. The molecule has 11 heteroatoms. The number of rotatable bonds is 2. The van der Waals surface area contributed by atoms with Crippen LogP contribution in [-0.2, 0) is 9.53 Å². The molecule has 160 valence electrons. The molecule has 2 aliphatic heterocycles. The van der Waals surface area contributed by atoms with Crippen molar-refractivity contribution in [3.8, 4) is 0 Å². The van der Waals surface area contributed by atoms with E-state index in [0.717, 1.165) is 10.7 Å². The van der Waals surface area contributed by atoms with Crippen molar-refractivity contribution in [3.05, 3.63) is 18.2 Å². The van der Waals surface area contributed by atoms with Gasteiger partial charge in [-0.2, -0.15) is 0 Å². The summed E-state index contributed by atoms with van der Waals surface area (Å²) in [5.41, 5.74) is 1.68. The highest BCUT2D eigenvalue weighted by Crippen LogP contribution is 2.24. The molecule has 3 heterocycles. The van der Waals surface area contributed by atoms with Gasteiger partial charge in [-0.1, -0.05) is 17.0 Å². The first-order valence-corrected chi connectivity index (χ1v) is 10.8. The molecular formula is C19H25N7O3S. The van der Waals surface area contributed by atoms with Crippen LogP contribution in [0.15, 0.2) is 23.2 Å². The second kappa shape index (κ2) is 8.13. The average Bonchev–Trinajstić information content (AvgIpc) is 3.36. The fourth-order valence-electron chi connectivity index (χ4n) is 3.22. The van der Waals surface area contributed by atoms with Crippen LogP contribution in [0.25, 0.3) is 11.0 Å². The molecule has 0 bridgehead atoms. The molecule has 10 nitrogen and oxygen atoms in total. The van der Waals surface area contributed by atoms with Crippen LogP contribution in [0.3, 0.4) is 0 Å². The van der Waals surface area contributed by atoms with Gasteiger partial charge in [-0.15, -0.1) is 5.10 Å². The Bertz CT molecular complexity index is 976. The molecule has 30 heavy (non-hydrogen) atoms. The maximum absolute atomic E-state index is 12.6. The van der Waals surface area contributed by atoms with Crippen molar-refractivity contribution in [2.45, 2.75) is 32.4 Å². The number of aliphatic imine (C=N–C) groups is 1. The third-order valence-electron chi connectivity index (χ3n) is 4.73. The normalized spacial score (nSPS) is 19.7. The summed E-state index contributed by atoms with van der Waals surface area (Å²) >= 11 is 1.57. The van der Waals surface area contributed by atoms with Gasteiger partial charge in [0.15, 0.2) is 5.17 Å². The van der Waals surface area contributed by atoms with E-state index in [2.05, 4.69) is 30.6 Å². The van der Waals surface area contributed by atoms with E-state index >= 15 is 0 Å². The lowest BCUT2D eigenvalue weighted by Crippen LogP contribution is -2.51. The SMILES string of the molecule is CC(C)(C)OC(=O)N1CCN(C2=NC(C(=O)Nc3ccc4[nH]nnc4c3)CS2)CC1. The number of amidine groups is 1. The number of carbonyl (C=O) groups is 2. The molecule has 2 amide bonds. The molecule has 4 rings (SSSR count). The number of nitrogens with one attached hydrogen (secondary N) is 2. The lowest BCUT2D eigenvalue weighted by Gasteiger charge is -2.36. The largest absolute Gasteiger partial charge is 0.444 e. The van der Waals surface area contributed by atoms with Gasteiger partial charge in [0, 0.05) is 37.6 Å². The summed E-state index contributed by atoms with van der Waals surface area (Å²) in [4.78, 5) is 33.3. The maximum Gasteiger partial charge on any atom is 0.410 e. The Morgan fingerprint density at radius 1 is 1.23 bits per heavy atom. The van der Waals surface area contributed by atoms with Crippen LogP contribution in [0.2, 0.25) is 0 Å². The number of amides is 2. The first-order valence-electron chi connectivity index (χ1n) is 9.84.